The Morgan fingerprint density at radius 2 is 2.42 bits per heavy atom. The number of hydrogen-bond donors (Lipinski definition) is 1. The van der Waals surface area contributed by atoms with Crippen molar-refractivity contribution in [1.82, 2.24) is 9.80 Å². The van der Waals surface area contributed by atoms with Crippen LogP contribution in [0.2, 0.25) is 0 Å². The van der Waals surface area contributed by atoms with E-state index >= 15 is 0 Å². The number of furan rings is 1. The van der Waals surface area contributed by atoms with Gasteiger partial charge < -0.3 is 15.1 Å². The van der Waals surface area contributed by atoms with Crippen LogP contribution in [0.3, 0.4) is 0 Å². The molecule has 1 saturated heterocycles. The van der Waals surface area contributed by atoms with Crippen LogP contribution in [-0.4, -0.2) is 48.4 Å². The fourth-order valence-corrected chi connectivity index (χ4v) is 2.55. The molecule has 1 atom stereocenters. The summed E-state index contributed by atoms with van der Waals surface area (Å²) in [5.41, 5.74) is 5.77. The highest BCUT2D eigenvalue weighted by Gasteiger charge is 2.24. The fraction of sp³-hybridized carbons (Fsp3) is 0.643. The van der Waals surface area contributed by atoms with Crippen LogP contribution in [0.25, 0.3) is 0 Å². The van der Waals surface area contributed by atoms with E-state index in [2.05, 4.69) is 4.90 Å². The van der Waals surface area contributed by atoms with Crippen LogP contribution in [0, 0.1) is 0 Å². The molecule has 1 fully saturated rings. The minimum atomic E-state index is 0.122. The molecule has 1 aliphatic heterocycles. The molecule has 0 aromatic carbocycles. The molecule has 5 nitrogen and oxygen atoms in total. The summed E-state index contributed by atoms with van der Waals surface area (Å²) in [6.07, 6.45) is 5.11. The van der Waals surface area contributed by atoms with Gasteiger partial charge in [0.05, 0.1) is 19.4 Å². The molecule has 2 rings (SSSR count). The van der Waals surface area contributed by atoms with Gasteiger partial charge in [0.2, 0.25) is 5.91 Å². The Balaban J connectivity index is 1.85. The number of nitrogens with zero attached hydrogens (tertiary/aromatic N) is 2. The second-order valence-electron chi connectivity index (χ2n) is 5.18. The van der Waals surface area contributed by atoms with Gasteiger partial charge in [-0.3, -0.25) is 9.69 Å². The van der Waals surface area contributed by atoms with Crippen molar-refractivity contribution in [2.24, 2.45) is 5.73 Å². The van der Waals surface area contributed by atoms with E-state index in [0.29, 0.717) is 25.7 Å². The number of nitrogens with two attached hydrogens (primary N) is 1. The zero-order valence-corrected chi connectivity index (χ0v) is 11.5. The molecule has 0 bridgehead atoms. The first-order valence-corrected chi connectivity index (χ1v) is 6.91. The van der Waals surface area contributed by atoms with Crippen LogP contribution in [0.5, 0.6) is 0 Å². The van der Waals surface area contributed by atoms with Crippen LogP contribution in [0.4, 0.5) is 0 Å². The Kier molecular flexibility index (Phi) is 4.99. The third-order valence-electron chi connectivity index (χ3n) is 3.76. The fourth-order valence-electron chi connectivity index (χ4n) is 2.55. The number of rotatable bonds is 5. The molecule has 0 saturated carbocycles. The van der Waals surface area contributed by atoms with Gasteiger partial charge in [0.15, 0.2) is 0 Å². The Labute approximate surface area is 114 Å². The average molecular weight is 265 g/mol. The summed E-state index contributed by atoms with van der Waals surface area (Å²) in [5, 5.41) is 0. The van der Waals surface area contributed by atoms with E-state index in [1.165, 1.54) is 6.42 Å². The molecule has 1 aromatic rings. The van der Waals surface area contributed by atoms with Crippen molar-refractivity contribution >= 4 is 5.91 Å². The summed E-state index contributed by atoms with van der Waals surface area (Å²) >= 11 is 0. The van der Waals surface area contributed by atoms with Crippen LogP contribution in [0.1, 0.15) is 25.0 Å². The number of amides is 1. The molecule has 0 aliphatic carbocycles. The monoisotopic (exact) mass is 265 g/mol. The van der Waals surface area contributed by atoms with Gasteiger partial charge in [-0.25, -0.2) is 0 Å². The molecular weight excluding hydrogens is 242 g/mol. The minimum Gasteiger partial charge on any atom is -0.467 e. The minimum absolute atomic E-state index is 0.122. The first-order valence-electron chi connectivity index (χ1n) is 6.91. The Morgan fingerprint density at radius 3 is 3.11 bits per heavy atom. The highest BCUT2D eigenvalue weighted by molar-refractivity contribution is 5.78. The van der Waals surface area contributed by atoms with Gasteiger partial charge in [-0.2, -0.15) is 0 Å². The summed E-state index contributed by atoms with van der Waals surface area (Å²) in [6.45, 7) is 2.59. The third kappa shape index (κ3) is 3.81. The van der Waals surface area contributed by atoms with Gasteiger partial charge in [0.25, 0.3) is 0 Å². The lowest BCUT2D eigenvalue weighted by Gasteiger charge is -2.35. The lowest BCUT2D eigenvalue weighted by Crippen LogP contribution is -2.48. The van der Waals surface area contributed by atoms with Crippen LogP contribution < -0.4 is 5.73 Å². The number of carbonyl (C=O) groups excluding carboxylic acids is 1. The molecule has 0 radical (unpaired) electrons. The number of hydrogen-bond acceptors (Lipinski definition) is 4. The normalized spacial score (nSPS) is 20.4. The van der Waals surface area contributed by atoms with E-state index < -0.39 is 0 Å². The predicted octanol–water partition coefficient (Wildman–Crippen LogP) is 1.05. The molecule has 1 amide bonds. The van der Waals surface area contributed by atoms with Gasteiger partial charge in [0.1, 0.15) is 5.76 Å². The van der Waals surface area contributed by atoms with E-state index in [0.717, 1.165) is 25.1 Å². The molecular formula is C14H23N3O2. The zero-order valence-electron chi connectivity index (χ0n) is 11.5. The van der Waals surface area contributed by atoms with E-state index in [9.17, 15) is 4.79 Å². The highest BCUT2D eigenvalue weighted by Crippen LogP contribution is 2.16. The Hall–Kier alpha value is -1.33. The summed E-state index contributed by atoms with van der Waals surface area (Å²) in [7, 11) is 1.81. The number of carbonyl (C=O) groups is 1. The lowest BCUT2D eigenvalue weighted by molar-refractivity contribution is -0.132. The van der Waals surface area contributed by atoms with Gasteiger partial charge in [-0.1, -0.05) is 6.42 Å². The molecule has 0 spiro atoms. The van der Waals surface area contributed by atoms with Crippen molar-refractivity contribution < 1.29 is 9.21 Å². The van der Waals surface area contributed by atoms with Gasteiger partial charge in [0, 0.05) is 19.6 Å². The Bertz CT molecular complexity index is 391. The van der Waals surface area contributed by atoms with E-state index in [1.54, 1.807) is 11.2 Å². The number of likely N-dealkylation sites (N-methyl/N-ethyl adjacent to an activating group) is 1. The van der Waals surface area contributed by atoms with E-state index in [-0.39, 0.29) is 5.91 Å². The summed E-state index contributed by atoms with van der Waals surface area (Å²) in [5.74, 6) is 0.932. The maximum atomic E-state index is 12.2. The second kappa shape index (κ2) is 6.73. The number of likely N-dealkylation sites (tertiary alicyclic amines) is 1. The van der Waals surface area contributed by atoms with Crippen molar-refractivity contribution in [2.75, 3.05) is 26.7 Å². The topological polar surface area (TPSA) is 62.7 Å². The molecule has 1 aliphatic rings. The van der Waals surface area contributed by atoms with Crippen LogP contribution in [0.15, 0.2) is 22.8 Å². The lowest BCUT2D eigenvalue weighted by atomic mass is 10.0. The molecule has 1 unspecified atom stereocenters. The first-order chi connectivity index (χ1) is 9.20. The predicted molar refractivity (Wildman–Crippen MR) is 73.4 cm³/mol. The average Bonchev–Trinajstić information content (AvgIpc) is 2.92. The van der Waals surface area contributed by atoms with Gasteiger partial charge in [-0.15, -0.1) is 0 Å². The van der Waals surface area contributed by atoms with Crippen LogP contribution >= 0.6 is 0 Å². The standard InChI is InChI=1S/C14H23N3O2/c1-16(10-13-6-4-8-19-13)14(18)11-17-7-3-2-5-12(17)9-15/h4,6,8,12H,2-3,5,7,9-11,15H2,1H3. The Morgan fingerprint density at radius 1 is 1.58 bits per heavy atom. The molecule has 19 heavy (non-hydrogen) atoms. The summed E-state index contributed by atoms with van der Waals surface area (Å²) < 4.78 is 5.26. The van der Waals surface area contributed by atoms with Crippen LogP contribution in [-0.2, 0) is 11.3 Å². The SMILES string of the molecule is CN(Cc1ccco1)C(=O)CN1CCCCC1CN. The summed E-state index contributed by atoms with van der Waals surface area (Å²) in [4.78, 5) is 16.1. The van der Waals surface area contributed by atoms with Crippen molar-refractivity contribution in [2.45, 2.75) is 31.8 Å². The largest absolute Gasteiger partial charge is 0.467 e. The maximum Gasteiger partial charge on any atom is 0.236 e. The summed E-state index contributed by atoms with van der Waals surface area (Å²) in [6, 6.07) is 4.07. The molecule has 2 N–H and O–H groups in total. The first kappa shape index (κ1) is 14.1. The van der Waals surface area contributed by atoms with Gasteiger partial charge in [-0.05, 0) is 31.5 Å². The highest BCUT2D eigenvalue weighted by atomic mass is 16.3. The van der Waals surface area contributed by atoms with E-state index in [4.69, 9.17) is 10.2 Å². The van der Waals surface area contributed by atoms with Crippen molar-refractivity contribution in [3.05, 3.63) is 24.2 Å². The molecule has 1 aromatic heterocycles. The quantitative estimate of drug-likeness (QED) is 0.864. The third-order valence-corrected chi connectivity index (χ3v) is 3.76. The molecule has 5 heteroatoms. The second-order valence-corrected chi connectivity index (χ2v) is 5.18. The number of piperidine rings is 1. The maximum absolute atomic E-state index is 12.2. The van der Waals surface area contributed by atoms with Crippen molar-refractivity contribution in [3.63, 3.8) is 0 Å². The van der Waals surface area contributed by atoms with Gasteiger partial charge >= 0.3 is 0 Å². The van der Waals surface area contributed by atoms with Crippen molar-refractivity contribution in [1.29, 1.82) is 0 Å². The van der Waals surface area contributed by atoms with Crippen molar-refractivity contribution in [3.8, 4) is 0 Å². The smallest absolute Gasteiger partial charge is 0.236 e. The zero-order chi connectivity index (χ0) is 13.7. The molecule has 2 heterocycles. The van der Waals surface area contributed by atoms with E-state index in [1.807, 2.05) is 19.2 Å². The molecule has 106 valence electrons.